The van der Waals surface area contributed by atoms with Gasteiger partial charge in [-0.25, -0.2) is 0 Å². The van der Waals surface area contributed by atoms with Crippen LogP contribution in [-0.2, 0) is 9.59 Å². The Kier molecular flexibility index (Phi) is 5.85. The van der Waals surface area contributed by atoms with Gasteiger partial charge >= 0.3 is 0 Å². The van der Waals surface area contributed by atoms with E-state index in [9.17, 15) is 14.7 Å². The number of nitrogens with zero attached hydrogens (tertiary/aromatic N) is 2. The van der Waals surface area contributed by atoms with Gasteiger partial charge in [0.1, 0.15) is 5.76 Å². The molecule has 0 aliphatic carbocycles. The second-order valence-corrected chi connectivity index (χ2v) is 8.39. The van der Waals surface area contributed by atoms with Crippen LogP contribution in [0.3, 0.4) is 0 Å². The van der Waals surface area contributed by atoms with Crippen LogP contribution >= 0.6 is 11.6 Å². The van der Waals surface area contributed by atoms with Gasteiger partial charge in [-0.3, -0.25) is 9.59 Å². The first kappa shape index (κ1) is 21.2. The maximum absolute atomic E-state index is 13.1. The molecule has 2 heterocycles. The second-order valence-electron chi connectivity index (χ2n) is 7.95. The van der Waals surface area contributed by atoms with E-state index in [1.165, 1.54) is 0 Å². The molecule has 1 unspecified atom stereocenters. The Labute approximate surface area is 185 Å². The summed E-state index contributed by atoms with van der Waals surface area (Å²) in [5.74, 6) is -1.45. The molecule has 1 aromatic heterocycles. The van der Waals surface area contributed by atoms with Crippen LogP contribution in [0.4, 0.5) is 0 Å². The number of para-hydroxylation sites is 1. The fourth-order valence-corrected chi connectivity index (χ4v) is 4.20. The van der Waals surface area contributed by atoms with E-state index in [0.29, 0.717) is 23.6 Å². The van der Waals surface area contributed by atoms with Crippen LogP contribution in [0.1, 0.15) is 23.6 Å². The van der Waals surface area contributed by atoms with Gasteiger partial charge in [0, 0.05) is 34.2 Å². The number of benzene rings is 2. The standard InChI is InChI=1S/C24H24ClN3O3/c1-27(2)12-5-13-28-21(15-8-10-16(25)11-9-15)20(23(30)24(28)31)22(29)18-14-26-19-7-4-3-6-17(18)19/h3-4,6-11,14,21,26,29H,5,12-13H2,1-2H3/b22-20-. The van der Waals surface area contributed by atoms with Crippen molar-refractivity contribution in [1.29, 1.82) is 0 Å². The quantitative estimate of drug-likeness (QED) is 0.344. The predicted molar refractivity (Wildman–Crippen MR) is 122 cm³/mol. The van der Waals surface area contributed by atoms with Crippen LogP contribution in [0.2, 0.25) is 5.02 Å². The van der Waals surface area contributed by atoms with Crippen molar-refractivity contribution in [3.8, 4) is 0 Å². The van der Waals surface area contributed by atoms with Crippen LogP contribution in [-0.4, -0.2) is 58.8 Å². The number of nitrogens with one attached hydrogen (secondary N) is 1. The number of fused-ring (bicyclic) bond motifs is 1. The number of halogens is 1. The van der Waals surface area contributed by atoms with Gasteiger partial charge in [-0.15, -0.1) is 0 Å². The molecule has 0 spiro atoms. The Balaban J connectivity index is 1.83. The Morgan fingerprint density at radius 1 is 1.13 bits per heavy atom. The van der Waals surface area contributed by atoms with Gasteiger partial charge in [-0.2, -0.15) is 0 Å². The molecule has 0 saturated carbocycles. The third-order valence-corrected chi connectivity index (χ3v) is 5.83. The number of amides is 1. The minimum Gasteiger partial charge on any atom is -0.507 e. The molecule has 1 fully saturated rings. The summed E-state index contributed by atoms with van der Waals surface area (Å²) < 4.78 is 0. The van der Waals surface area contributed by atoms with Crippen LogP contribution < -0.4 is 0 Å². The van der Waals surface area contributed by atoms with Crippen molar-refractivity contribution in [2.24, 2.45) is 0 Å². The number of aromatic amines is 1. The number of aromatic nitrogens is 1. The topological polar surface area (TPSA) is 76.6 Å². The average molecular weight is 438 g/mol. The normalized spacial score (nSPS) is 18.5. The highest BCUT2D eigenvalue weighted by atomic mass is 35.5. The number of rotatable bonds is 6. The summed E-state index contributed by atoms with van der Waals surface area (Å²) in [6.07, 6.45) is 2.37. The molecular formula is C24H24ClN3O3. The van der Waals surface area contributed by atoms with E-state index in [1.54, 1.807) is 35.4 Å². The van der Waals surface area contributed by atoms with Gasteiger partial charge in [0.25, 0.3) is 11.7 Å². The van der Waals surface area contributed by atoms with E-state index >= 15 is 0 Å². The smallest absolute Gasteiger partial charge is 0.295 e. The second kappa shape index (κ2) is 8.57. The van der Waals surface area contributed by atoms with E-state index in [2.05, 4.69) is 4.98 Å². The molecule has 3 aromatic rings. The zero-order valence-electron chi connectivity index (χ0n) is 17.4. The van der Waals surface area contributed by atoms with Gasteiger partial charge in [-0.1, -0.05) is 41.9 Å². The molecule has 2 N–H and O–H groups in total. The molecule has 2 aromatic carbocycles. The molecule has 31 heavy (non-hydrogen) atoms. The van der Waals surface area contributed by atoms with Crippen LogP contribution in [0.5, 0.6) is 0 Å². The summed E-state index contributed by atoms with van der Waals surface area (Å²) in [5, 5.41) is 12.6. The maximum Gasteiger partial charge on any atom is 0.295 e. The van der Waals surface area contributed by atoms with Crippen molar-refractivity contribution in [2.45, 2.75) is 12.5 Å². The maximum atomic E-state index is 13.1. The summed E-state index contributed by atoms with van der Waals surface area (Å²) >= 11 is 6.06. The minimum absolute atomic E-state index is 0.0990. The monoisotopic (exact) mass is 437 g/mol. The largest absolute Gasteiger partial charge is 0.507 e. The van der Waals surface area contributed by atoms with E-state index in [-0.39, 0.29) is 11.3 Å². The fourth-order valence-electron chi connectivity index (χ4n) is 4.07. The zero-order chi connectivity index (χ0) is 22.1. The number of aliphatic hydroxyl groups is 1. The number of H-pyrrole nitrogens is 1. The van der Waals surface area contributed by atoms with E-state index in [0.717, 1.165) is 23.0 Å². The molecule has 1 aliphatic rings. The number of carbonyl (C=O) groups excluding carboxylic acids is 2. The fraction of sp³-hybridized carbons (Fsp3) is 0.250. The highest BCUT2D eigenvalue weighted by molar-refractivity contribution is 6.46. The highest BCUT2D eigenvalue weighted by Crippen LogP contribution is 2.40. The Morgan fingerprint density at radius 2 is 1.84 bits per heavy atom. The first-order valence-corrected chi connectivity index (χ1v) is 10.5. The molecular weight excluding hydrogens is 414 g/mol. The van der Waals surface area contributed by atoms with E-state index in [4.69, 9.17) is 11.6 Å². The number of hydrogen-bond donors (Lipinski definition) is 2. The summed E-state index contributed by atoms with van der Waals surface area (Å²) in [7, 11) is 3.92. The van der Waals surface area contributed by atoms with Gasteiger partial charge in [0.15, 0.2) is 0 Å². The Morgan fingerprint density at radius 3 is 2.55 bits per heavy atom. The third kappa shape index (κ3) is 3.96. The first-order valence-electron chi connectivity index (χ1n) is 10.1. The molecule has 160 valence electrons. The van der Waals surface area contributed by atoms with Crippen molar-refractivity contribution < 1.29 is 14.7 Å². The number of ketones is 1. The van der Waals surface area contributed by atoms with Gasteiger partial charge in [0.2, 0.25) is 0 Å². The lowest BCUT2D eigenvalue weighted by atomic mass is 9.95. The predicted octanol–water partition coefficient (Wildman–Crippen LogP) is 4.19. The van der Waals surface area contributed by atoms with Gasteiger partial charge in [-0.05, 0) is 50.8 Å². The van der Waals surface area contributed by atoms with Crippen LogP contribution in [0.15, 0.2) is 60.3 Å². The van der Waals surface area contributed by atoms with Gasteiger partial charge < -0.3 is 19.9 Å². The molecule has 7 heteroatoms. The van der Waals surface area contributed by atoms with Crippen molar-refractivity contribution in [1.82, 2.24) is 14.8 Å². The molecule has 1 atom stereocenters. The van der Waals surface area contributed by atoms with Crippen molar-refractivity contribution >= 4 is 40.0 Å². The molecule has 6 nitrogen and oxygen atoms in total. The highest BCUT2D eigenvalue weighted by Gasteiger charge is 2.46. The lowest BCUT2D eigenvalue weighted by Crippen LogP contribution is -2.32. The van der Waals surface area contributed by atoms with Crippen LogP contribution in [0.25, 0.3) is 16.7 Å². The van der Waals surface area contributed by atoms with Gasteiger partial charge in [0.05, 0.1) is 11.6 Å². The molecule has 0 radical (unpaired) electrons. The summed E-state index contributed by atoms with van der Waals surface area (Å²) in [4.78, 5) is 32.7. The number of aliphatic hydroxyl groups excluding tert-OH is 1. The molecule has 0 bridgehead atoms. The Bertz CT molecular complexity index is 1160. The number of Topliss-reactive ketones (excluding diaryl/α,β-unsaturated/α-hetero) is 1. The zero-order valence-corrected chi connectivity index (χ0v) is 18.2. The van der Waals surface area contributed by atoms with E-state index < -0.39 is 17.7 Å². The van der Waals surface area contributed by atoms with E-state index in [1.807, 2.05) is 43.3 Å². The van der Waals surface area contributed by atoms with Crippen molar-refractivity contribution in [2.75, 3.05) is 27.2 Å². The summed E-state index contributed by atoms with van der Waals surface area (Å²) in [5.41, 5.74) is 2.17. The summed E-state index contributed by atoms with van der Waals surface area (Å²) in [6.45, 7) is 1.18. The van der Waals surface area contributed by atoms with Crippen molar-refractivity contribution in [3.05, 3.63) is 76.5 Å². The number of likely N-dealkylation sites (tertiary alicyclic amines) is 1. The number of hydrogen-bond acceptors (Lipinski definition) is 4. The summed E-state index contributed by atoms with van der Waals surface area (Å²) in [6, 6.07) is 13.9. The number of carbonyl (C=O) groups is 2. The molecule has 1 aliphatic heterocycles. The Hall–Kier alpha value is -3.09. The first-order chi connectivity index (χ1) is 14.9. The average Bonchev–Trinajstić information content (AvgIpc) is 3.28. The van der Waals surface area contributed by atoms with Crippen molar-refractivity contribution in [3.63, 3.8) is 0 Å². The minimum atomic E-state index is -0.674. The molecule has 1 saturated heterocycles. The van der Waals surface area contributed by atoms with Crippen LogP contribution in [0, 0.1) is 0 Å². The molecule has 1 amide bonds. The third-order valence-electron chi connectivity index (χ3n) is 5.57. The lowest BCUT2D eigenvalue weighted by Gasteiger charge is -2.26. The lowest BCUT2D eigenvalue weighted by molar-refractivity contribution is -0.139. The molecule has 4 rings (SSSR count). The SMILES string of the molecule is CN(C)CCCN1C(=O)C(=O)/C(=C(\O)c2c[nH]c3ccccc23)C1c1ccc(Cl)cc1.